The fourth-order valence-electron chi connectivity index (χ4n) is 3.52. The average molecular weight is 372 g/mol. The highest BCUT2D eigenvalue weighted by molar-refractivity contribution is 6.06. The van der Waals surface area contributed by atoms with Crippen LogP contribution < -0.4 is 16.4 Å². The minimum atomic E-state index is -0.664. The largest absolute Gasteiger partial charge is 0.330 e. The number of fused-ring (bicyclic) bond motifs is 1. The van der Waals surface area contributed by atoms with Crippen molar-refractivity contribution in [3.05, 3.63) is 29.3 Å². The predicted molar refractivity (Wildman–Crippen MR) is 98.6 cm³/mol. The molecule has 0 spiro atoms. The van der Waals surface area contributed by atoms with Gasteiger partial charge in [-0.3, -0.25) is 24.5 Å². The zero-order valence-electron chi connectivity index (χ0n) is 15.1. The van der Waals surface area contributed by atoms with E-state index in [0.29, 0.717) is 36.2 Å². The standard InChI is InChI=1S/C19H24N4O4/c20-10-3-1-2-7-16(24)21-14-6-4-5-12-13(14)11-23(19(12)27)15-8-9-17(25)22-18(15)26/h4-6,15H,1-3,7-11,20H2,(H,21,24)(H,22,25,26). The number of hydrogen-bond donors (Lipinski definition) is 3. The summed E-state index contributed by atoms with van der Waals surface area (Å²) >= 11 is 0. The second kappa shape index (κ2) is 8.30. The van der Waals surface area contributed by atoms with Gasteiger partial charge in [0, 0.05) is 36.2 Å². The van der Waals surface area contributed by atoms with E-state index in [0.717, 1.165) is 19.3 Å². The summed E-state index contributed by atoms with van der Waals surface area (Å²) in [5.74, 6) is -1.12. The van der Waals surface area contributed by atoms with Crippen LogP contribution in [-0.2, 0) is 20.9 Å². The Balaban J connectivity index is 1.69. The van der Waals surface area contributed by atoms with Crippen LogP contribution in [0.1, 0.15) is 54.4 Å². The molecule has 1 aromatic carbocycles. The van der Waals surface area contributed by atoms with Gasteiger partial charge in [0.1, 0.15) is 6.04 Å². The van der Waals surface area contributed by atoms with E-state index in [4.69, 9.17) is 5.73 Å². The Kier molecular flexibility index (Phi) is 5.85. The zero-order chi connectivity index (χ0) is 19.4. The SMILES string of the molecule is NCCCCCC(=O)Nc1cccc2c1CN(C1CCC(=O)NC1=O)C2=O. The van der Waals surface area contributed by atoms with E-state index in [1.54, 1.807) is 18.2 Å². The van der Waals surface area contributed by atoms with Gasteiger partial charge in [0.2, 0.25) is 17.7 Å². The van der Waals surface area contributed by atoms with E-state index in [9.17, 15) is 19.2 Å². The number of carbonyl (C=O) groups excluding carboxylic acids is 4. The van der Waals surface area contributed by atoms with Crippen LogP contribution in [-0.4, -0.2) is 41.1 Å². The van der Waals surface area contributed by atoms with Crippen LogP contribution in [0.25, 0.3) is 0 Å². The smallest absolute Gasteiger partial charge is 0.255 e. The molecule has 3 rings (SSSR count). The van der Waals surface area contributed by atoms with Crippen molar-refractivity contribution in [2.24, 2.45) is 5.73 Å². The summed E-state index contributed by atoms with van der Waals surface area (Å²) in [6, 6.07) is 4.51. The maximum absolute atomic E-state index is 12.7. The number of nitrogens with two attached hydrogens (primary N) is 1. The Morgan fingerprint density at radius 1 is 1.22 bits per heavy atom. The lowest BCUT2D eigenvalue weighted by Gasteiger charge is -2.29. The van der Waals surface area contributed by atoms with Gasteiger partial charge in [-0.1, -0.05) is 12.5 Å². The Morgan fingerprint density at radius 3 is 2.78 bits per heavy atom. The third-order valence-corrected chi connectivity index (χ3v) is 4.96. The van der Waals surface area contributed by atoms with E-state index in [1.165, 1.54) is 4.90 Å². The average Bonchev–Trinajstić information content (AvgIpc) is 2.97. The molecule has 2 aliphatic heterocycles. The van der Waals surface area contributed by atoms with Gasteiger partial charge in [-0.15, -0.1) is 0 Å². The summed E-state index contributed by atoms with van der Waals surface area (Å²) in [4.78, 5) is 49.9. The first-order valence-electron chi connectivity index (χ1n) is 9.27. The highest BCUT2D eigenvalue weighted by Crippen LogP contribution is 2.32. The van der Waals surface area contributed by atoms with Crippen LogP contribution in [0.2, 0.25) is 0 Å². The fourth-order valence-corrected chi connectivity index (χ4v) is 3.52. The first-order valence-corrected chi connectivity index (χ1v) is 9.27. The number of nitrogens with one attached hydrogen (secondary N) is 2. The Labute approximate surface area is 157 Å². The van der Waals surface area contributed by atoms with Gasteiger partial charge in [0.15, 0.2) is 0 Å². The molecule has 2 aliphatic rings. The molecule has 0 aliphatic carbocycles. The first kappa shape index (κ1) is 19.0. The first-order chi connectivity index (χ1) is 13.0. The second-order valence-electron chi connectivity index (χ2n) is 6.88. The lowest BCUT2D eigenvalue weighted by atomic mass is 10.0. The molecule has 8 heteroatoms. The Morgan fingerprint density at radius 2 is 2.04 bits per heavy atom. The Hall–Kier alpha value is -2.74. The zero-order valence-corrected chi connectivity index (χ0v) is 15.1. The third-order valence-electron chi connectivity index (χ3n) is 4.96. The van der Waals surface area contributed by atoms with E-state index in [2.05, 4.69) is 10.6 Å². The highest BCUT2D eigenvalue weighted by Gasteiger charge is 2.39. The maximum Gasteiger partial charge on any atom is 0.255 e. The molecule has 1 fully saturated rings. The van der Waals surface area contributed by atoms with Crippen molar-refractivity contribution < 1.29 is 19.2 Å². The topological polar surface area (TPSA) is 122 Å². The van der Waals surface area contributed by atoms with Crippen molar-refractivity contribution in [2.45, 2.75) is 51.1 Å². The van der Waals surface area contributed by atoms with Crippen LogP contribution in [0.4, 0.5) is 5.69 Å². The van der Waals surface area contributed by atoms with E-state index >= 15 is 0 Å². The van der Waals surface area contributed by atoms with Gasteiger partial charge in [-0.2, -0.15) is 0 Å². The number of hydrogen-bond acceptors (Lipinski definition) is 5. The fraction of sp³-hybridized carbons (Fsp3) is 0.474. The molecular weight excluding hydrogens is 348 g/mol. The second-order valence-corrected chi connectivity index (χ2v) is 6.88. The molecule has 1 aromatic rings. The molecule has 2 heterocycles. The summed E-state index contributed by atoms with van der Waals surface area (Å²) in [6.45, 7) is 0.857. The molecule has 4 N–H and O–H groups in total. The number of rotatable bonds is 7. The van der Waals surface area contributed by atoms with Crippen molar-refractivity contribution >= 4 is 29.3 Å². The van der Waals surface area contributed by atoms with Crippen LogP contribution in [0, 0.1) is 0 Å². The van der Waals surface area contributed by atoms with Crippen LogP contribution in [0.3, 0.4) is 0 Å². The quantitative estimate of drug-likeness (QED) is 0.485. The lowest BCUT2D eigenvalue weighted by molar-refractivity contribution is -0.137. The molecule has 0 aromatic heterocycles. The maximum atomic E-state index is 12.7. The molecule has 0 radical (unpaired) electrons. The number of piperidine rings is 1. The molecule has 1 unspecified atom stereocenters. The Bertz CT molecular complexity index is 777. The summed E-state index contributed by atoms with van der Waals surface area (Å²) < 4.78 is 0. The highest BCUT2D eigenvalue weighted by atomic mass is 16.2. The van der Waals surface area contributed by atoms with Crippen molar-refractivity contribution in [1.82, 2.24) is 10.2 Å². The number of imide groups is 1. The summed E-state index contributed by atoms with van der Waals surface area (Å²) in [6.07, 6.45) is 3.48. The lowest BCUT2D eigenvalue weighted by Crippen LogP contribution is -2.52. The van der Waals surface area contributed by atoms with Gasteiger partial charge in [0.05, 0.1) is 0 Å². The summed E-state index contributed by atoms with van der Waals surface area (Å²) in [7, 11) is 0. The van der Waals surface area contributed by atoms with E-state index in [-0.39, 0.29) is 30.7 Å². The normalized spacial score (nSPS) is 19.1. The third kappa shape index (κ3) is 4.16. The van der Waals surface area contributed by atoms with Crippen LogP contribution >= 0.6 is 0 Å². The minimum absolute atomic E-state index is 0.104. The number of carbonyl (C=O) groups is 4. The number of anilines is 1. The number of benzene rings is 1. The van der Waals surface area contributed by atoms with Crippen molar-refractivity contribution in [3.8, 4) is 0 Å². The minimum Gasteiger partial charge on any atom is -0.330 e. The predicted octanol–water partition coefficient (Wildman–Crippen LogP) is 0.905. The van der Waals surface area contributed by atoms with Gasteiger partial charge in [-0.25, -0.2) is 0 Å². The molecule has 144 valence electrons. The van der Waals surface area contributed by atoms with Gasteiger partial charge < -0.3 is 16.0 Å². The van der Waals surface area contributed by atoms with Crippen molar-refractivity contribution in [3.63, 3.8) is 0 Å². The number of nitrogens with zero attached hydrogens (tertiary/aromatic N) is 1. The molecule has 0 saturated carbocycles. The molecule has 1 atom stereocenters. The van der Waals surface area contributed by atoms with Gasteiger partial charge in [-0.05, 0) is 37.9 Å². The summed E-state index contributed by atoms with van der Waals surface area (Å²) in [5, 5.41) is 5.16. The van der Waals surface area contributed by atoms with Crippen LogP contribution in [0.15, 0.2) is 18.2 Å². The molecule has 27 heavy (non-hydrogen) atoms. The molecule has 8 nitrogen and oxygen atoms in total. The molecule has 0 bridgehead atoms. The number of amides is 4. The number of unbranched alkanes of at least 4 members (excludes halogenated alkanes) is 2. The molecular formula is C19H24N4O4. The van der Waals surface area contributed by atoms with Crippen LogP contribution in [0.5, 0.6) is 0 Å². The van der Waals surface area contributed by atoms with Crippen molar-refractivity contribution in [1.29, 1.82) is 0 Å². The van der Waals surface area contributed by atoms with E-state index < -0.39 is 11.9 Å². The monoisotopic (exact) mass is 372 g/mol. The van der Waals surface area contributed by atoms with Crippen molar-refractivity contribution in [2.75, 3.05) is 11.9 Å². The van der Waals surface area contributed by atoms with Gasteiger partial charge in [0.25, 0.3) is 5.91 Å². The molecule has 1 saturated heterocycles. The summed E-state index contributed by atoms with van der Waals surface area (Å²) in [5.41, 5.74) is 7.25. The molecule has 4 amide bonds. The van der Waals surface area contributed by atoms with Gasteiger partial charge >= 0.3 is 0 Å². The van der Waals surface area contributed by atoms with E-state index in [1.807, 2.05) is 0 Å².